The molecule has 0 unspecified atom stereocenters. The molecule has 1 heterocycles. The smallest absolute Gasteiger partial charge is 0.242 e. The first-order valence-electron chi connectivity index (χ1n) is 8.50. The van der Waals surface area contributed by atoms with Gasteiger partial charge in [-0.15, -0.1) is 10.2 Å². The van der Waals surface area contributed by atoms with Crippen LogP contribution in [0, 0.1) is 5.82 Å². The van der Waals surface area contributed by atoms with Crippen molar-refractivity contribution in [3.05, 3.63) is 65.7 Å². The summed E-state index contributed by atoms with van der Waals surface area (Å²) in [5, 5.41) is 8.41. The standard InChI is InChI=1S/C18H20FN5O3S2/c1-23(2)29(25,26)14-7-5-6-13(10-14)12-28-18-22-21-17(24(18)20)11-27-16-9-4-3-8-15(16)19/h3-10H,11-12,20H2,1-2H3. The van der Waals surface area contributed by atoms with Gasteiger partial charge < -0.3 is 10.6 Å². The Balaban J connectivity index is 1.66. The van der Waals surface area contributed by atoms with Crippen LogP contribution in [-0.2, 0) is 22.4 Å². The van der Waals surface area contributed by atoms with E-state index in [1.54, 1.807) is 30.3 Å². The van der Waals surface area contributed by atoms with Gasteiger partial charge in [0.05, 0.1) is 4.90 Å². The molecule has 0 amide bonds. The Morgan fingerprint density at radius 2 is 1.93 bits per heavy atom. The molecule has 0 aliphatic heterocycles. The molecule has 0 bridgehead atoms. The summed E-state index contributed by atoms with van der Waals surface area (Å²) in [6.07, 6.45) is 0. The van der Waals surface area contributed by atoms with E-state index in [2.05, 4.69) is 10.2 Å². The zero-order valence-electron chi connectivity index (χ0n) is 15.8. The van der Waals surface area contributed by atoms with Crippen LogP contribution >= 0.6 is 11.8 Å². The van der Waals surface area contributed by atoms with Gasteiger partial charge in [-0.2, -0.15) is 0 Å². The molecule has 0 fully saturated rings. The van der Waals surface area contributed by atoms with Crippen LogP contribution in [0.4, 0.5) is 4.39 Å². The highest BCUT2D eigenvalue weighted by Crippen LogP contribution is 2.23. The van der Waals surface area contributed by atoms with Crippen molar-refractivity contribution in [1.82, 2.24) is 19.2 Å². The summed E-state index contributed by atoms with van der Waals surface area (Å²) >= 11 is 1.30. The number of nitrogens with zero attached hydrogens (tertiary/aromatic N) is 4. The van der Waals surface area contributed by atoms with Gasteiger partial charge >= 0.3 is 0 Å². The van der Waals surface area contributed by atoms with Crippen LogP contribution in [0.1, 0.15) is 11.4 Å². The number of ether oxygens (including phenoxy) is 1. The summed E-state index contributed by atoms with van der Waals surface area (Å²) in [6.45, 7) is -0.0401. The third-order valence-electron chi connectivity index (χ3n) is 3.97. The van der Waals surface area contributed by atoms with Crippen LogP contribution in [0.25, 0.3) is 0 Å². The maximum absolute atomic E-state index is 13.6. The van der Waals surface area contributed by atoms with E-state index < -0.39 is 15.8 Å². The molecule has 0 saturated heterocycles. The van der Waals surface area contributed by atoms with Crippen molar-refractivity contribution in [3.63, 3.8) is 0 Å². The van der Waals surface area contributed by atoms with E-state index >= 15 is 0 Å². The Labute approximate surface area is 172 Å². The molecule has 2 aromatic carbocycles. The molecule has 2 N–H and O–H groups in total. The Morgan fingerprint density at radius 3 is 2.66 bits per heavy atom. The van der Waals surface area contributed by atoms with Crippen LogP contribution in [0.15, 0.2) is 58.6 Å². The molecule has 0 spiro atoms. The third kappa shape index (κ3) is 4.86. The molecule has 8 nitrogen and oxygen atoms in total. The van der Waals surface area contributed by atoms with Crippen molar-refractivity contribution in [2.24, 2.45) is 0 Å². The average molecular weight is 438 g/mol. The van der Waals surface area contributed by atoms with Gasteiger partial charge in [0.2, 0.25) is 15.2 Å². The van der Waals surface area contributed by atoms with E-state index in [-0.39, 0.29) is 17.3 Å². The number of rotatable bonds is 8. The van der Waals surface area contributed by atoms with Gasteiger partial charge in [-0.3, -0.25) is 0 Å². The molecule has 1 aromatic heterocycles. The van der Waals surface area contributed by atoms with Crippen molar-refractivity contribution >= 4 is 21.8 Å². The van der Waals surface area contributed by atoms with Crippen LogP contribution in [0.5, 0.6) is 5.75 Å². The molecule has 11 heteroatoms. The molecule has 0 aliphatic rings. The SMILES string of the molecule is CN(C)S(=O)(=O)c1cccc(CSc2nnc(COc3ccccc3F)n2N)c1. The van der Waals surface area contributed by atoms with Crippen LogP contribution in [0.2, 0.25) is 0 Å². The Bertz CT molecular complexity index is 1100. The van der Waals surface area contributed by atoms with Crippen molar-refractivity contribution < 1.29 is 17.5 Å². The minimum Gasteiger partial charge on any atom is -0.482 e. The summed E-state index contributed by atoms with van der Waals surface area (Å²) in [7, 11) is -0.535. The summed E-state index contributed by atoms with van der Waals surface area (Å²) in [6, 6.07) is 12.7. The number of thioether (sulfide) groups is 1. The number of aromatic nitrogens is 3. The largest absolute Gasteiger partial charge is 0.482 e. The normalized spacial score (nSPS) is 11.7. The zero-order chi connectivity index (χ0) is 21.0. The van der Waals surface area contributed by atoms with E-state index in [1.807, 2.05) is 6.07 Å². The fourth-order valence-electron chi connectivity index (χ4n) is 2.36. The average Bonchev–Trinajstić information content (AvgIpc) is 3.05. The number of hydrogen-bond donors (Lipinski definition) is 1. The lowest BCUT2D eigenvalue weighted by Gasteiger charge is -2.12. The molecule has 0 aliphatic carbocycles. The van der Waals surface area contributed by atoms with Crippen molar-refractivity contribution in [2.75, 3.05) is 19.9 Å². The minimum atomic E-state index is -3.50. The first-order valence-corrected chi connectivity index (χ1v) is 10.9. The van der Waals surface area contributed by atoms with Crippen LogP contribution in [0.3, 0.4) is 0 Å². The molecular formula is C18H20FN5O3S2. The third-order valence-corrected chi connectivity index (χ3v) is 6.80. The molecule has 154 valence electrons. The molecule has 29 heavy (non-hydrogen) atoms. The van der Waals surface area contributed by atoms with E-state index in [4.69, 9.17) is 10.6 Å². The van der Waals surface area contributed by atoms with Gasteiger partial charge in [0, 0.05) is 19.8 Å². The highest BCUT2D eigenvalue weighted by Gasteiger charge is 2.18. The monoisotopic (exact) mass is 437 g/mol. The second-order valence-electron chi connectivity index (χ2n) is 6.21. The fraction of sp³-hybridized carbons (Fsp3) is 0.222. The number of benzene rings is 2. The quantitative estimate of drug-likeness (QED) is 0.426. The Hall–Kier alpha value is -2.63. The van der Waals surface area contributed by atoms with Crippen molar-refractivity contribution in [1.29, 1.82) is 0 Å². The van der Waals surface area contributed by atoms with Crippen LogP contribution in [-0.4, -0.2) is 41.7 Å². The lowest BCUT2D eigenvalue weighted by Crippen LogP contribution is -2.22. The number of hydrogen-bond acceptors (Lipinski definition) is 7. The van der Waals surface area contributed by atoms with E-state index in [0.29, 0.717) is 16.7 Å². The molecule has 0 radical (unpaired) electrons. The molecule has 0 atom stereocenters. The maximum Gasteiger partial charge on any atom is 0.242 e. The minimum absolute atomic E-state index is 0.0401. The summed E-state index contributed by atoms with van der Waals surface area (Å²) in [5.41, 5.74) is 0.796. The highest BCUT2D eigenvalue weighted by molar-refractivity contribution is 7.98. The lowest BCUT2D eigenvalue weighted by atomic mass is 10.2. The highest BCUT2D eigenvalue weighted by atomic mass is 32.2. The van der Waals surface area contributed by atoms with Crippen LogP contribution < -0.4 is 10.6 Å². The predicted octanol–water partition coefficient (Wildman–Crippen LogP) is 2.25. The molecule has 3 rings (SSSR count). The van der Waals surface area contributed by atoms with Gasteiger partial charge in [0.15, 0.2) is 17.4 Å². The lowest BCUT2D eigenvalue weighted by molar-refractivity contribution is 0.277. The molecular weight excluding hydrogens is 417 g/mol. The zero-order valence-corrected chi connectivity index (χ0v) is 17.5. The molecule has 3 aromatic rings. The van der Waals surface area contributed by atoms with Crippen molar-refractivity contribution in [3.8, 4) is 5.75 Å². The number of halogens is 1. The van der Waals surface area contributed by atoms with Gasteiger partial charge in [-0.25, -0.2) is 21.8 Å². The number of nitrogens with two attached hydrogens (primary N) is 1. The van der Waals surface area contributed by atoms with E-state index in [9.17, 15) is 12.8 Å². The molecule has 0 saturated carbocycles. The van der Waals surface area contributed by atoms with Crippen molar-refractivity contribution in [2.45, 2.75) is 22.4 Å². The summed E-state index contributed by atoms with van der Waals surface area (Å²) in [4.78, 5) is 0.216. The number of para-hydroxylation sites is 1. The first kappa shape index (κ1) is 21.1. The fourth-order valence-corrected chi connectivity index (χ4v) is 4.15. The topological polar surface area (TPSA) is 103 Å². The van der Waals surface area contributed by atoms with Gasteiger partial charge in [-0.05, 0) is 29.8 Å². The van der Waals surface area contributed by atoms with Gasteiger partial charge in [0.25, 0.3) is 0 Å². The van der Waals surface area contributed by atoms with E-state index in [1.165, 1.54) is 42.7 Å². The second-order valence-corrected chi connectivity index (χ2v) is 9.31. The van der Waals surface area contributed by atoms with Gasteiger partial charge in [0.1, 0.15) is 6.61 Å². The van der Waals surface area contributed by atoms with E-state index in [0.717, 1.165) is 9.87 Å². The summed E-state index contributed by atoms with van der Waals surface area (Å²) in [5.74, 6) is 6.41. The predicted molar refractivity (Wildman–Crippen MR) is 108 cm³/mol. The maximum atomic E-state index is 13.6. The second kappa shape index (κ2) is 8.80. The summed E-state index contributed by atoms with van der Waals surface area (Å²) < 4.78 is 46.0. The van der Waals surface area contributed by atoms with Gasteiger partial charge in [-0.1, -0.05) is 36.0 Å². The number of nitrogen functional groups attached to an aromatic ring is 1. The Kier molecular flexibility index (Phi) is 6.40. The first-order chi connectivity index (χ1) is 13.8. The Morgan fingerprint density at radius 1 is 1.17 bits per heavy atom. The number of sulfonamides is 1.